The maximum atomic E-state index is 14.5. The molecule has 1 spiro atoms. The van der Waals surface area contributed by atoms with E-state index in [9.17, 15) is 23.1 Å². The molecular formula is C31H32ClF3N2O6. The van der Waals surface area contributed by atoms with Gasteiger partial charge < -0.3 is 34.3 Å². The van der Waals surface area contributed by atoms with Crippen LogP contribution in [-0.4, -0.2) is 50.3 Å². The number of nitrogens with zero attached hydrogens (tertiary/aromatic N) is 1. The topological polar surface area (TPSA) is 89.5 Å². The molecule has 2 aliphatic rings. The van der Waals surface area contributed by atoms with E-state index < -0.39 is 29.7 Å². The van der Waals surface area contributed by atoms with Gasteiger partial charge in [0.25, 0.3) is 5.91 Å². The molecule has 1 unspecified atom stereocenters. The van der Waals surface area contributed by atoms with Crippen LogP contribution < -0.4 is 29.2 Å². The smallest absolute Gasteiger partial charge is 0.497 e. The summed E-state index contributed by atoms with van der Waals surface area (Å²) in [5.41, 5.74) is 0.867. The molecule has 0 saturated heterocycles. The van der Waals surface area contributed by atoms with Gasteiger partial charge in [0.05, 0.1) is 26.5 Å². The van der Waals surface area contributed by atoms with E-state index in [1.807, 2.05) is 0 Å². The highest BCUT2D eigenvalue weighted by atomic mass is 35.5. The standard InChI is InChI=1S/C31H32ClF3N2O6/c1-29(2,17-38)42-22-13-19(12-21(14-22)40-3)36-27(23-7-5-18(32)11-26(23)41-4)28(39)37-16-30(9-10-30)24-8-6-20(15-25(24)37)43-31(33,34)35/h5-8,11-15,27,36,38H,9-10,16-17H2,1-4H3. The predicted molar refractivity (Wildman–Crippen MR) is 156 cm³/mol. The molecule has 0 radical (unpaired) electrons. The number of amides is 1. The summed E-state index contributed by atoms with van der Waals surface area (Å²) < 4.78 is 60.4. The molecule has 5 rings (SSSR count). The Kier molecular flexibility index (Phi) is 8.08. The Morgan fingerprint density at radius 2 is 1.72 bits per heavy atom. The maximum Gasteiger partial charge on any atom is 0.573 e. The number of benzene rings is 3. The van der Waals surface area contributed by atoms with Gasteiger partial charge in [-0.1, -0.05) is 23.7 Å². The lowest BCUT2D eigenvalue weighted by molar-refractivity contribution is -0.274. The number of aliphatic hydroxyl groups excluding tert-OH is 1. The first kappa shape index (κ1) is 30.6. The molecular weight excluding hydrogens is 589 g/mol. The summed E-state index contributed by atoms with van der Waals surface area (Å²) in [6, 6.07) is 13.0. The Morgan fingerprint density at radius 3 is 2.35 bits per heavy atom. The van der Waals surface area contributed by atoms with Crippen LogP contribution in [0.15, 0.2) is 54.6 Å². The molecule has 1 heterocycles. The Labute approximate surface area is 252 Å². The first-order valence-electron chi connectivity index (χ1n) is 13.6. The zero-order valence-corrected chi connectivity index (χ0v) is 24.8. The van der Waals surface area contributed by atoms with Crippen LogP contribution in [-0.2, 0) is 10.2 Å². The van der Waals surface area contributed by atoms with E-state index in [4.69, 9.17) is 25.8 Å². The Bertz CT molecular complexity index is 1530. The molecule has 1 aliphatic heterocycles. The third-order valence-corrected chi connectivity index (χ3v) is 7.84. The first-order valence-corrected chi connectivity index (χ1v) is 13.9. The van der Waals surface area contributed by atoms with Crippen molar-refractivity contribution in [3.63, 3.8) is 0 Å². The summed E-state index contributed by atoms with van der Waals surface area (Å²) in [6.45, 7) is 3.51. The van der Waals surface area contributed by atoms with Crippen LogP contribution in [0.1, 0.15) is 43.9 Å². The number of rotatable bonds is 10. The average Bonchev–Trinajstić information content (AvgIpc) is 3.66. The van der Waals surface area contributed by atoms with Gasteiger partial charge in [-0.15, -0.1) is 13.2 Å². The van der Waals surface area contributed by atoms with E-state index in [0.29, 0.717) is 45.8 Å². The van der Waals surface area contributed by atoms with Crippen molar-refractivity contribution < 1.29 is 42.0 Å². The average molecular weight is 621 g/mol. The minimum absolute atomic E-state index is 0.244. The van der Waals surface area contributed by atoms with Crippen molar-refractivity contribution in [3.8, 4) is 23.0 Å². The summed E-state index contributed by atoms with van der Waals surface area (Å²) in [4.78, 5) is 16.0. The zero-order chi connectivity index (χ0) is 31.2. The predicted octanol–water partition coefficient (Wildman–Crippen LogP) is 6.64. The van der Waals surface area contributed by atoms with Gasteiger partial charge in [0.2, 0.25) is 0 Å². The number of methoxy groups -OCH3 is 2. The fourth-order valence-electron chi connectivity index (χ4n) is 5.33. The van der Waals surface area contributed by atoms with Crippen LogP contribution in [0.25, 0.3) is 0 Å². The summed E-state index contributed by atoms with van der Waals surface area (Å²) in [5, 5.41) is 13.4. The third kappa shape index (κ3) is 6.57. The van der Waals surface area contributed by atoms with Crippen LogP contribution in [0.5, 0.6) is 23.0 Å². The molecule has 3 aromatic rings. The van der Waals surface area contributed by atoms with Crippen molar-refractivity contribution in [2.75, 3.05) is 37.6 Å². The highest BCUT2D eigenvalue weighted by Gasteiger charge is 2.54. The van der Waals surface area contributed by atoms with Gasteiger partial charge in [-0.3, -0.25) is 4.79 Å². The van der Waals surface area contributed by atoms with Crippen molar-refractivity contribution in [1.82, 2.24) is 0 Å². The maximum absolute atomic E-state index is 14.5. The number of carbonyl (C=O) groups excluding carboxylic acids is 1. The second-order valence-corrected chi connectivity index (χ2v) is 11.7. The van der Waals surface area contributed by atoms with Crippen LogP contribution in [0, 0.1) is 0 Å². The van der Waals surface area contributed by atoms with Crippen LogP contribution in [0.3, 0.4) is 0 Å². The Hall–Kier alpha value is -3.83. The Morgan fingerprint density at radius 1 is 1.00 bits per heavy atom. The largest absolute Gasteiger partial charge is 0.573 e. The van der Waals surface area contributed by atoms with Gasteiger partial charge in [0, 0.05) is 52.5 Å². The van der Waals surface area contributed by atoms with Crippen molar-refractivity contribution in [3.05, 3.63) is 70.7 Å². The van der Waals surface area contributed by atoms with E-state index in [1.54, 1.807) is 56.3 Å². The minimum Gasteiger partial charge on any atom is -0.497 e. The number of hydrogen-bond donors (Lipinski definition) is 2. The molecule has 230 valence electrons. The number of fused-ring (bicyclic) bond motifs is 2. The second kappa shape index (κ2) is 11.3. The van der Waals surface area contributed by atoms with E-state index in [1.165, 1.54) is 31.3 Å². The molecule has 1 amide bonds. The minimum atomic E-state index is -4.88. The lowest BCUT2D eigenvalue weighted by atomic mass is 9.99. The lowest BCUT2D eigenvalue weighted by Gasteiger charge is -2.28. The summed E-state index contributed by atoms with van der Waals surface area (Å²) in [5.74, 6) is 0.328. The van der Waals surface area contributed by atoms with Crippen LogP contribution in [0.4, 0.5) is 24.5 Å². The molecule has 43 heavy (non-hydrogen) atoms. The number of halogens is 4. The van der Waals surface area contributed by atoms with Gasteiger partial charge in [-0.25, -0.2) is 0 Å². The number of nitrogens with one attached hydrogen (secondary N) is 1. The van der Waals surface area contributed by atoms with E-state index in [-0.39, 0.29) is 12.0 Å². The summed E-state index contributed by atoms with van der Waals surface area (Å²) in [7, 11) is 2.94. The van der Waals surface area contributed by atoms with Crippen molar-refractivity contribution >= 4 is 28.9 Å². The van der Waals surface area contributed by atoms with Crippen molar-refractivity contribution in [1.29, 1.82) is 0 Å². The van der Waals surface area contributed by atoms with Gasteiger partial charge in [0.1, 0.15) is 34.6 Å². The summed E-state index contributed by atoms with van der Waals surface area (Å²) >= 11 is 6.23. The number of anilines is 2. The molecule has 1 atom stereocenters. The molecule has 1 saturated carbocycles. The lowest BCUT2D eigenvalue weighted by Crippen LogP contribution is -2.38. The van der Waals surface area contributed by atoms with Crippen molar-refractivity contribution in [2.45, 2.75) is 50.1 Å². The quantitative estimate of drug-likeness (QED) is 0.263. The molecule has 0 bridgehead atoms. The number of ether oxygens (including phenoxy) is 4. The first-order chi connectivity index (χ1) is 20.3. The fraction of sp³-hybridized carbons (Fsp3) is 0.387. The number of aliphatic hydroxyl groups is 1. The normalized spacial score (nSPS) is 16.0. The molecule has 12 heteroatoms. The fourth-order valence-corrected chi connectivity index (χ4v) is 5.49. The van der Waals surface area contributed by atoms with Gasteiger partial charge in [0.15, 0.2) is 0 Å². The molecule has 1 aliphatic carbocycles. The Balaban J connectivity index is 1.57. The third-order valence-electron chi connectivity index (χ3n) is 7.60. The van der Waals surface area contributed by atoms with E-state index in [0.717, 1.165) is 18.4 Å². The number of hydrogen-bond acceptors (Lipinski definition) is 7. The van der Waals surface area contributed by atoms with Gasteiger partial charge in [-0.05, 0) is 50.5 Å². The molecule has 2 N–H and O–H groups in total. The van der Waals surface area contributed by atoms with E-state index in [2.05, 4.69) is 10.1 Å². The van der Waals surface area contributed by atoms with Crippen LogP contribution >= 0.6 is 11.6 Å². The van der Waals surface area contributed by atoms with Crippen molar-refractivity contribution in [2.24, 2.45) is 0 Å². The number of alkyl halides is 3. The monoisotopic (exact) mass is 620 g/mol. The molecule has 3 aromatic carbocycles. The summed E-state index contributed by atoms with van der Waals surface area (Å²) in [6.07, 6.45) is -3.26. The number of carbonyl (C=O) groups is 1. The molecule has 8 nitrogen and oxygen atoms in total. The highest BCUT2D eigenvalue weighted by Crippen LogP contribution is 2.57. The second-order valence-electron chi connectivity index (χ2n) is 11.3. The highest BCUT2D eigenvalue weighted by molar-refractivity contribution is 6.30. The molecule has 1 fully saturated rings. The zero-order valence-electron chi connectivity index (χ0n) is 24.0. The van der Waals surface area contributed by atoms with E-state index >= 15 is 0 Å². The SMILES string of the molecule is COc1cc(NC(C(=O)N2CC3(CC3)c3ccc(OC(F)(F)F)cc32)c2ccc(Cl)cc2OC)cc(OC(C)(C)CO)c1. The van der Waals surface area contributed by atoms with Gasteiger partial charge in [-0.2, -0.15) is 0 Å². The molecule has 0 aromatic heterocycles. The van der Waals surface area contributed by atoms with Gasteiger partial charge >= 0.3 is 6.36 Å². The van der Waals surface area contributed by atoms with Crippen LogP contribution in [0.2, 0.25) is 5.02 Å².